The van der Waals surface area contributed by atoms with Crippen LogP contribution in [-0.2, 0) is 14.8 Å². The van der Waals surface area contributed by atoms with Gasteiger partial charge in [0.15, 0.2) is 0 Å². The number of hydrogen-bond acceptors (Lipinski definition) is 4. The van der Waals surface area contributed by atoms with Crippen LogP contribution < -0.4 is 10.5 Å². The van der Waals surface area contributed by atoms with Crippen LogP contribution in [0.15, 0.2) is 0 Å². The molecule has 0 aromatic carbocycles. The average molecular weight is 290 g/mol. The fourth-order valence-electron chi connectivity index (χ4n) is 3.11. The van der Waals surface area contributed by atoms with E-state index in [0.29, 0.717) is 12.5 Å². The maximum atomic E-state index is 12.2. The van der Waals surface area contributed by atoms with Crippen molar-refractivity contribution in [2.45, 2.75) is 63.6 Å². The molecule has 5 nitrogen and oxygen atoms in total. The monoisotopic (exact) mass is 290 g/mol. The molecule has 3 atom stereocenters. The molecule has 2 rings (SSSR count). The van der Waals surface area contributed by atoms with Crippen LogP contribution in [0.2, 0.25) is 0 Å². The van der Waals surface area contributed by atoms with E-state index in [1.165, 1.54) is 6.42 Å². The second-order valence-electron chi connectivity index (χ2n) is 5.82. The van der Waals surface area contributed by atoms with Crippen molar-refractivity contribution in [3.05, 3.63) is 0 Å². The van der Waals surface area contributed by atoms with Crippen LogP contribution in [0.25, 0.3) is 0 Å². The fraction of sp³-hybridized carbons (Fsp3) is 1.00. The molecule has 0 heterocycles. The van der Waals surface area contributed by atoms with Crippen LogP contribution in [0.1, 0.15) is 45.4 Å². The highest BCUT2D eigenvalue weighted by atomic mass is 32.2. The van der Waals surface area contributed by atoms with Gasteiger partial charge in [0.25, 0.3) is 0 Å². The summed E-state index contributed by atoms with van der Waals surface area (Å²) in [6.45, 7) is 2.51. The zero-order valence-corrected chi connectivity index (χ0v) is 12.5. The molecule has 2 fully saturated rings. The predicted octanol–water partition coefficient (Wildman–Crippen LogP) is 0.991. The number of nitrogens with two attached hydrogens (primary N) is 1. The Hall–Kier alpha value is -0.170. The van der Waals surface area contributed by atoms with Crippen molar-refractivity contribution in [2.75, 3.05) is 12.4 Å². The predicted molar refractivity (Wildman–Crippen MR) is 75.3 cm³/mol. The van der Waals surface area contributed by atoms with Crippen LogP contribution in [-0.4, -0.2) is 39.0 Å². The first kappa shape index (κ1) is 15.2. The molecule has 0 radical (unpaired) electrons. The van der Waals surface area contributed by atoms with E-state index in [9.17, 15) is 8.42 Å². The lowest BCUT2D eigenvalue weighted by Gasteiger charge is -2.42. The SMILES string of the molecule is CCOC1CC(N)C1NS(=O)(=O)CC1CCCCC1. The minimum absolute atomic E-state index is 0.0545. The fourth-order valence-corrected chi connectivity index (χ4v) is 4.90. The highest BCUT2D eigenvalue weighted by Crippen LogP contribution is 2.27. The van der Waals surface area contributed by atoms with Crippen molar-refractivity contribution in [3.8, 4) is 0 Å². The molecule has 0 amide bonds. The summed E-state index contributed by atoms with van der Waals surface area (Å²) in [6, 6.07) is -0.355. The Kier molecular flexibility index (Phi) is 5.22. The lowest BCUT2D eigenvalue weighted by molar-refractivity contribution is -0.0248. The quantitative estimate of drug-likeness (QED) is 0.764. The van der Waals surface area contributed by atoms with Crippen molar-refractivity contribution in [1.82, 2.24) is 4.72 Å². The van der Waals surface area contributed by atoms with Gasteiger partial charge in [-0.3, -0.25) is 0 Å². The number of hydrogen-bond donors (Lipinski definition) is 2. The Labute approximate surface area is 116 Å². The third kappa shape index (κ3) is 4.15. The number of sulfonamides is 1. The van der Waals surface area contributed by atoms with Gasteiger partial charge in [-0.15, -0.1) is 0 Å². The summed E-state index contributed by atoms with van der Waals surface area (Å²) in [5.74, 6) is 0.558. The third-order valence-corrected chi connectivity index (χ3v) is 5.78. The minimum Gasteiger partial charge on any atom is -0.377 e. The van der Waals surface area contributed by atoms with Crippen molar-refractivity contribution >= 4 is 10.0 Å². The van der Waals surface area contributed by atoms with Crippen LogP contribution in [0.3, 0.4) is 0 Å². The van der Waals surface area contributed by atoms with Crippen LogP contribution >= 0.6 is 0 Å². The summed E-state index contributed by atoms with van der Waals surface area (Å²) in [7, 11) is -3.24. The molecule has 3 N–H and O–H groups in total. The van der Waals surface area contributed by atoms with E-state index in [2.05, 4.69) is 4.72 Å². The maximum absolute atomic E-state index is 12.2. The van der Waals surface area contributed by atoms with Gasteiger partial charge in [-0.25, -0.2) is 13.1 Å². The first-order valence-corrected chi connectivity index (χ1v) is 9.04. The summed E-state index contributed by atoms with van der Waals surface area (Å²) in [4.78, 5) is 0. The van der Waals surface area contributed by atoms with Gasteiger partial charge in [0.2, 0.25) is 10.0 Å². The molecule has 0 aromatic rings. The molecule has 2 aliphatic rings. The molecule has 2 saturated carbocycles. The van der Waals surface area contributed by atoms with E-state index in [1.54, 1.807) is 0 Å². The van der Waals surface area contributed by atoms with Gasteiger partial charge in [0, 0.05) is 12.6 Å². The highest BCUT2D eigenvalue weighted by molar-refractivity contribution is 7.89. The smallest absolute Gasteiger partial charge is 0.212 e. The molecule has 0 saturated heterocycles. The minimum atomic E-state index is -3.24. The molecule has 19 heavy (non-hydrogen) atoms. The molecule has 0 aliphatic heterocycles. The topological polar surface area (TPSA) is 81.4 Å². The van der Waals surface area contributed by atoms with Crippen molar-refractivity contribution in [3.63, 3.8) is 0 Å². The van der Waals surface area contributed by atoms with Gasteiger partial charge >= 0.3 is 0 Å². The molecular formula is C13H26N2O3S. The van der Waals surface area contributed by atoms with Crippen LogP contribution in [0, 0.1) is 5.92 Å². The Morgan fingerprint density at radius 2 is 1.95 bits per heavy atom. The highest BCUT2D eigenvalue weighted by Gasteiger charge is 2.42. The number of nitrogens with one attached hydrogen (secondary N) is 1. The first-order valence-electron chi connectivity index (χ1n) is 7.39. The van der Waals surface area contributed by atoms with Crippen molar-refractivity contribution in [2.24, 2.45) is 11.7 Å². The van der Waals surface area contributed by atoms with E-state index < -0.39 is 10.0 Å². The van der Waals surface area contributed by atoms with Gasteiger partial charge < -0.3 is 10.5 Å². The molecule has 2 aliphatic carbocycles. The third-order valence-electron chi connectivity index (χ3n) is 4.24. The lowest BCUT2D eigenvalue weighted by Crippen LogP contribution is -2.65. The first-order chi connectivity index (χ1) is 9.02. The van der Waals surface area contributed by atoms with E-state index in [1.807, 2.05) is 6.92 Å². The van der Waals surface area contributed by atoms with Gasteiger partial charge in [-0.1, -0.05) is 19.3 Å². The summed E-state index contributed by atoms with van der Waals surface area (Å²) in [6.07, 6.45) is 6.31. The van der Waals surface area contributed by atoms with Crippen LogP contribution in [0.5, 0.6) is 0 Å². The number of rotatable bonds is 6. The molecule has 0 bridgehead atoms. The number of ether oxygens (including phenoxy) is 1. The standard InChI is InChI=1S/C13H26N2O3S/c1-2-18-12-8-11(14)13(12)15-19(16,17)9-10-6-4-3-5-7-10/h10-13,15H,2-9,14H2,1H3. The van der Waals surface area contributed by atoms with Gasteiger partial charge in [-0.2, -0.15) is 0 Å². The average Bonchev–Trinajstić information content (AvgIpc) is 2.37. The summed E-state index contributed by atoms with van der Waals surface area (Å²) < 4.78 is 32.6. The second kappa shape index (κ2) is 6.52. The van der Waals surface area contributed by atoms with Crippen LogP contribution in [0.4, 0.5) is 0 Å². The van der Waals surface area contributed by atoms with Crippen molar-refractivity contribution in [1.29, 1.82) is 0 Å². The van der Waals surface area contributed by atoms with E-state index in [4.69, 9.17) is 10.5 Å². The molecular weight excluding hydrogens is 264 g/mol. The maximum Gasteiger partial charge on any atom is 0.212 e. The van der Waals surface area contributed by atoms with Gasteiger partial charge in [0.1, 0.15) is 0 Å². The zero-order valence-electron chi connectivity index (χ0n) is 11.7. The van der Waals surface area contributed by atoms with E-state index >= 15 is 0 Å². The summed E-state index contributed by atoms with van der Waals surface area (Å²) >= 11 is 0. The van der Waals surface area contributed by atoms with E-state index in [0.717, 1.165) is 32.1 Å². The van der Waals surface area contributed by atoms with Gasteiger partial charge in [0.05, 0.1) is 17.9 Å². The summed E-state index contributed by atoms with van der Waals surface area (Å²) in [5, 5.41) is 0. The Morgan fingerprint density at radius 3 is 2.53 bits per heavy atom. The van der Waals surface area contributed by atoms with E-state index in [-0.39, 0.29) is 23.9 Å². The van der Waals surface area contributed by atoms with Crippen molar-refractivity contribution < 1.29 is 13.2 Å². The van der Waals surface area contributed by atoms with Gasteiger partial charge in [-0.05, 0) is 32.1 Å². The largest absolute Gasteiger partial charge is 0.377 e. The molecule has 0 aromatic heterocycles. The Morgan fingerprint density at radius 1 is 1.26 bits per heavy atom. The normalized spacial score (nSPS) is 33.1. The lowest BCUT2D eigenvalue weighted by atomic mass is 9.84. The molecule has 6 heteroatoms. The molecule has 3 unspecified atom stereocenters. The second-order valence-corrected chi connectivity index (χ2v) is 7.62. The molecule has 112 valence electrons. The molecule has 0 spiro atoms. The Balaban J connectivity index is 1.85. The Bertz CT molecular complexity index is 377. The zero-order chi connectivity index (χ0) is 13.9. The summed E-state index contributed by atoms with van der Waals surface area (Å²) in [5.41, 5.74) is 5.88.